The van der Waals surface area contributed by atoms with Gasteiger partial charge in [-0.15, -0.1) is 0 Å². The Labute approximate surface area is 139 Å². The fourth-order valence-electron chi connectivity index (χ4n) is 2.71. The lowest BCUT2D eigenvalue weighted by Crippen LogP contribution is -2.50. The smallest absolute Gasteiger partial charge is 0.315 e. The summed E-state index contributed by atoms with van der Waals surface area (Å²) in [6.45, 7) is 2.43. The summed E-state index contributed by atoms with van der Waals surface area (Å²) < 4.78 is 0. The molecule has 1 aliphatic heterocycles. The van der Waals surface area contributed by atoms with Crippen molar-refractivity contribution >= 4 is 35.1 Å². The molecule has 1 aromatic rings. The number of hydrogen-bond donors (Lipinski definition) is 2. The van der Waals surface area contributed by atoms with E-state index < -0.39 is 12.1 Å². The second-order valence-electron chi connectivity index (χ2n) is 5.54. The summed E-state index contributed by atoms with van der Waals surface area (Å²) in [5.74, 6) is -0.172. The SMILES string of the molecule is C[C@@H](Cc1ccc(Cl)cc1Cl)NC(=O)[C@@H]1CCCN1C(N)=O. The third-order valence-electron chi connectivity index (χ3n) is 3.77. The van der Waals surface area contributed by atoms with Crippen molar-refractivity contribution in [3.63, 3.8) is 0 Å². The van der Waals surface area contributed by atoms with Crippen molar-refractivity contribution in [2.75, 3.05) is 6.54 Å². The minimum Gasteiger partial charge on any atom is -0.352 e. The van der Waals surface area contributed by atoms with Gasteiger partial charge < -0.3 is 16.0 Å². The van der Waals surface area contributed by atoms with Crippen LogP contribution in [0.5, 0.6) is 0 Å². The zero-order chi connectivity index (χ0) is 16.3. The largest absolute Gasteiger partial charge is 0.352 e. The van der Waals surface area contributed by atoms with E-state index in [-0.39, 0.29) is 11.9 Å². The van der Waals surface area contributed by atoms with Gasteiger partial charge in [0.25, 0.3) is 0 Å². The van der Waals surface area contributed by atoms with E-state index >= 15 is 0 Å². The summed E-state index contributed by atoms with van der Waals surface area (Å²) in [6.07, 6.45) is 2.02. The van der Waals surface area contributed by atoms with Crippen LogP contribution in [0.4, 0.5) is 4.79 Å². The van der Waals surface area contributed by atoms with E-state index in [0.717, 1.165) is 12.0 Å². The van der Waals surface area contributed by atoms with Crippen LogP contribution in [0.2, 0.25) is 10.0 Å². The van der Waals surface area contributed by atoms with Gasteiger partial charge in [-0.2, -0.15) is 0 Å². The Morgan fingerprint density at radius 2 is 2.18 bits per heavy atom. The molecule has 1 aliphatic rings. The first-order valence-electron chi connectivity index (χ1n) is 7.19. The standard InChI is InChI=1S/C15H19Cl2N3O2/c1-9(7-10-4-5-11(16)8-12(10)17)19-14(21)13-3-2-6-20(13)15(18)22/h4-5,8-9,13H,2-3,6-7H2,1H3,(H2,18,22)(H,19,21)/t9-,13-/m0/s1. The molecule has 1 fully saturated rings. The van der Waals surface area contributed by atoms with E-state index in [1.165, 1.54) is 4.90 Å². The number of carbonyl (C=O) groups is 2. The maximum atomic E-state index is 12.3. The molecule has 120 valence electrons. The van der Waals surface area contributed by atoms with Crippen LogP contribution in [0.15, 0.2) is 18.2 Å². The lowest BCUT2D eigenvalue weighted by Gasteiger charge is -2.24. The normalized spacial score (nSPS) is 19.0. The van der Waals surface area contributed by atoms with Crippen molar-refractivity contribution in [2.45, 2.75) is 38.3 Å². The van der Waals surface area contributed by atoms with Crippen LogP contribution in [0.25, 0.3) is 0 Å². The highest BCUT2D eigenvalue weighted by Crippen LogP contribution is 2.22. The molecule has 22 heavy (non-hydrogen) atoms. The topological polar surface area (TPSA) is 75.4 Å². The Morgan fingerprint density at radius 1 is 1.45 bits per heavy atom. The maximum absolute atomic E-state index is 12.3. The van der Waals surface area contributed by atoms with Gasteiger partial charge in [0.1, 0.15) is 6.04 Å². The van der Waals surface area contributed by atoms with Gasteiger partial charge in [0, 0.05) is 22.6 Å². The number of urea groups is 1. The van der Waals surface area contributed by atoms with Gasteiger partial charge in [-0.1, -0.05) is 29.3 Å². The van der Waals surface area contributed by atoms with Crippen molar-refractivity contribution in [2.24, 2.45) is 5.73 Å². The van der Waals surface area contributed by atoms with Gasteiger partial charge in [-0.25, -0.2) is 4.79 Å². The van der Waals surface area contributed by atoms with Crippen LogP contribution in [0.1, 0.15) is 25.3 Å². The molecule has 1 aromatic carbocycles. The van der Waals surface area contributed by atoms with Crippen LogP contribution in [-0.2, 0) is 11.2 Å². The second-order valence-corrected chi connectivity index (χ2v) is 6.38. The number of rotatable bonds is 4. The van der Waals surface area contributed by atoms with Gasteiger partial charge in [0.2, 0.25) is 5.91 Å². The number of nitrogens with zero attached hydrogens (tertiary/aromatic N) is 1. The molecular weight excluding hydrogens is 325 g/mol. The van der Waals surface area contributed by atoms with E-state index in [0.29, 0.717) is 29.4 Å². The van der Waals surface area contributed by atoms with Crippen molar-refractivity contribution in [3.05, 3.63) is 33.8 Å². The summed E-state index contributed by atoms with van der Waals surface area (Å²) >= 11 is 12.0. The summed E-state index contributed by atoms with van der Waals surface area (Å²) in [4.78, 5) is 25.0. The molecule has 0 unspecified atom stereocenters. The highest BCUT2D eigenvalue weighted by atomic mass is 35.5. The van der Waals surface area contributed by atoms with E-state index in [4.69, 9.17) is 28.9 Å². The average molecular weight is 344 g/mol. The van der Waals surface area contributed by atoms with Gasteiger partial charge in [-0.3, -0.25) is 4.79 Å². The number of carbonyl (C=O) groups excluding carboxylic acids is 2. The number of nitrogens with one attached hydrogen (secondary N) is 1. The van der Waals surface area contributed by atoms with E-state index in [9.17, 15) is 9.59 Å². The molecule has 2 rings (SSSR count). The number of hydrogen-bond acceptors (Lipinski definition) is 2. The first kappa shape index (κ1) is 16.9. The fraction of sp³-hybridized carbons (Fsp3) is 0.467. The van der Waals surface area contributed by atoms with Crippen LogP contribution in [-0.4, -0.2) is 35.5 Å². The van der Waals surface area contributed by atoms with Crippen LogP contribution >= 0.6 is 23.2 Å². The minimum absolute atomic E-state index is 0.110. The predicted octanol–water partition coefficient (Wildman–Crippen LogP) is 2.58. The van der Waals surface area contributed by atoms with Crippen LogP contribution < -0.4 is 11.1 Å². The van der Waals surface area contributed by atoms with Crippen molar-refractivity contribution < 1.29 is 9.59 Å². The van der Waals surface area contributed by atoms with Crippen molar-refractivity contribution in [1.29, 1.82) is 0 Å². The summed E-state index contributed by atoms with van der Waals surface area (Å²) in [5.41, 5.74) is 6.21. The number of benzene rings is 1. The molecule has 3 N–H and O–H groups in total. The first-order chi connectivity index (χ1) is 10.4. The molecule has 0 aliphatic carbocycles. The van der Waals surface area contributed by atoms with Gasteiger partial charge in [0.15, 0.2) is 0 Å². The van der Waals surface area contributed by atoms with Gasteiger partial charge in [0.05, 0.1) is 0 Å². The van der Waals surface area contributed by atoms with E-state index in [1.54, 1.807) is 12.1 Å². The number of primary amides is 1. The predicted molar refractivity (Wildman–Crippen MR) is 87.1 cm³/mol. The molecular formula is C15H19Cl2N3O2. The molecule has 0 spiro atoms. The van der Waals surface area contributed by atoms with E-state index in [2.05, 4.69) is 5.32 Å². The lowest BCUT2D eigenvalue weighted by molar-refractivity contribution is -0.125. The van der Waals surface area contributed by atoms with Crippen LogP contribution in [0, 0.1) is 0 Å². The molecule has 0 radical (unpaired) electrons. The third-order valence-corrected chi connectivity index (χ3v) is 4.36. The lowest BCUT2D eigenvalue weighted by atomic mass is 10.1. The van der Waals surface area contributed by atoms with Crippen LogP contribution in [0.3, 0.4) is 0 Å². The first-order valence-corrected chi connectivity index (χ1v) is 7.94. The quantitative estimate of drug-likeness (QED) is 0.881. The highest BCUT2D eigenvalue weighted by molar-refractivity contribution is 6.35. The fourth-order valence-corrected chi connectivity index (χ4v) is 3.20. The molecule has 0 aromatic heterocycles. The molecule has 3 amide bonds. The Morgan fingerprint density at radius 3 is 2.82 bits per heavy atom. The monoisotopic (exact) mass is 343 g/mol. The zero-order valence-electron chi connectivity index (χ0n) is 12.3. The van der Waals surface area contributed by atoms with E-state index in [1.807, 2.05) is 13.0 Å². The highest BCUT2D eigenvalue weighted by Gasteiger charge is 2.33. The Balaban J connectivity index is 1.95. The van der Waals surface area contributed by atoms with Gasteiger partial charge in [-0.05, 0) is 43.9 Å². The number of halogens is 2. The maximum Gasteiger partial charge on any atom is 0.315 e. The number of likely N-dealkylation sites (tertiary alicyclic amines) is 1. The Kier molecular flexibility index (Phi) is 5.53. The molecule has 0 bridgehead atoms. The third kappa shape index (κ3) is 4.05. The Bertz CT molecular complexity index is 580. The molecule has 5 nitrogen and oxygen atoms in total. The second kappa shape index (κ2) is 7.20. The van der Waals surface area contributed by atoms with Gasteiger partial charge >= 0.3 is 6.03 Å². The molecule has 1 saturated heterocycles. The molecule has 7 heteroatoms. The number of amides is 3. The molecule has 1 heterocycles. The average Bonchev–Trinajstić information content (AvgIpc) is 2.91. The number of nitrogens with two attached hydrogens (primary N) is 1. The molecule has 0 saturated carbocycles. The summed E-state index contributed by atoms with van der Waals surface area (Å²) in [7, 11) is 0. The summed E-state index contributed by atoms with van der Waals surface area (Å²) in [5, 5.41) is 4.07. The van der Waals surface area contributed by atoms with Crippen molar-refractivity contribution in [1.82, 2.24) is 10.2 Å². The zero-order valence-corrected chi connectivity index (χ0v) is 13.8. The minimum atomic E-state index is -0.550. The summed E-state index contributed by atoms with van der Waals surface area (Å²) in [6, 6.07) is 4.16. The Hall–Kier alpha value is -1.46. The van der Waals surface area contributed by atoms with Crippen molar-refractivity contribution in [3.8, 4) is 0 Å². The molecule has 2 atom stereocenters.